The number of aromatic nitrogens is 3. The third-order valence-corrected chi connectivity index (χ3v) is 5.70. The van der Waals surface area contributed by atoms with Gasteiger partial charge in [0, 0.05) is 11.6 Å². The van der Waals surface area contributed by atoms with Crippen LogP contribution in [0.4, 0.5) is 11.6 Å². The third-order valence-electron chi connectivity index (χ3n) is 5.10. The van der Waals surface area contributed by atoms with Crippen molar-refractivity contribution >= 4 is 40.8 Å². The molecule has 0 saturated heterocycles. The molecule has 0 radical (unpaired) electrons. The monoisotopic (exact) mass is 458 g/mol. The number of hydrogen-bond donors (Lipinski definition) is 2. The number of halogens is 2. The molecule has 1 aromatic heterocycles. The fourth-order valence-electron chi connectivity index (χ4n) is 3.51. The summed E-state index contributed by atoms with van der Waals surface area (Å²) in [5, 5.41) is 12.9. The van der Waals surface area contributed by atoms with Crippen molar-refractivity contribution in [3.05, 3.63) is 63.9 Å². The zero-order chi connectivity index (χ0) is 21.8. The Labute approximate surface area is 189 Å². The van der Waals surface area contributed by atoms with E-state index < -0.39 is 5.97 Å². The lowest BCUT2D eigenvalue weighted by Gasteiger charge is -2.21. The minimum absolute atomic E-state index is 0.0928. The molecule has 1 heterocycles. The summed E-state index contributed by atoms with van der Waals surface area (Å²) in [6.07, 6.45) is 5.47. The Bertz CT molecular complexity index is 1070. The van der Waals surface area contributed by atoms with Crippen molar-refractivity contribution in [3.63, 3.8) is 0 Å². The summed E-state index contributed by atoms with van der Waals surface area (Å²) in [5.74, 6) is 0.465. The van der Waals surface area contributed by atoms with Crippen molar-refractivity contribution in [3.8, 4) is 11.8 Å². The van der Waals surface area contributed by atoms with Crippen molar-refractivity contribution in [1.82, 2.24) is 15.0 Å². The number of hydrogen-bond acceptors (Lipinski definition) is 6. The number of nitrogens with one attached hydrogen (secondary N) is 1. The second kappa shape index (κ2) is 9.49. The SMILES string of the molecule is O=C(O)c1ccc(Nc2nc(Oc3c(Cl)cccc3Cl)nc(C3CCCCC3)n2)cc1. The van der Waals surface area contributed by atoms with E-state index in [1.54, 1.807) is 30.3 Å². The van der Waals surface area contributed by atoms with Crippen LogP contribution in [0.1, 0.15) is 54.2 Å². The van der Waals surface area contributed by atoms with Crippen LogP contribution in [0.5, 0.6) is 11.8 Å². The van der Waals surface area contributed by atoms with E-state index in [0.29, 0.717) is 27.5 Å². The molecule has 31 heavy (non-hydrogen) atoms. The maximum Gasteiger partial charge on any atom is 0.335 e. The predicted octanol–water partition coefficient (Wildman–Crippen LogP) is 6.46. The van der Waals surface area contributed by atoms with Gasteiger partial charge in [0.15, 0.2) is 5.75 Å². The zero-order valence-corrected chi connectivity index (χ0v) is 18.0. The number of aromatic carboxylic acids is 1. The molecule has 1 saturated carbocycles. The number of nitrogens with zero attached hydrogens (tertiary/aromatic N) is 3. The van der Waals surface area contributed by atoms with Gasteiger partial charge in [-0.15, -0.1) is 0 Å². The number of anilines is 2. The van der Waals surface area contributed by atoms with Crippen molar-refractivity contribution in [2.24, 2.45) is 0 Å². The highest BCUT2D eigenvalue weighted by Crippen LogP contribution is 2.36. The Morgan fingerprint density at radius 2 is 1.65 bits per heavy atom. The first kappa shape index (κ1) is 21.3. The van der Waals surface area contributed by atoms with E-state index in [4.69, 9.17) is 33.0 Å². The zero-order valence-electron chi connectivity index (χ0n) is 16.5. The smallest absolute Gasteiger partial charge is 0.335 e. The van der Waals surface area contributed by atoms with Gasteiger partial charge in [0.05, 0.1) is 15.6 Å². The molecule has 2 aromatic carbocycles. The Hall–Kier alpha value is -2.90. The first-order valence-electron chi connectivity index (χ1n) is 9.98. The maximum absolute atomic E-state index is 11.1. The van der Waals surface area contributed by atoms with E-state index in [1.807, 2.05) is 0 Å². The summed E-state index contributed by atoms with van der Waals surface area (Å²) in [6.45, 7) is 0. The fraction of sp³-hybridized carbons (Fsp3) is 0.273. The summed E-state index contributed by atoms with van der Waals surface area (Å²) in [6, 6.07) is 11.5. The lowest BCUT2D eigenvalue weighted by molar-refractivity contribution is 0.0697. The van der Waals surface area contributed by atoms with Gasteiger partial charge in [-0.25, -0.2) is 4.79 Å². The molecule has 7 nitrogen and oxygen atoms in total. The summed E-state index contributed by atoms with van der Waals surface area (Å²) in [7, 11) is 0. The van der Waals surface area contributed by atoms with Crippen LogP contribution in [-0.4, -0.2) is 26.0 Å². The molecule has 0 aliphatic heterocycles. The lowest BCUT2D eigenvalue weighted by atomic mass is 9.89. The van der Waals surface area contributed by atoms with E-state index in [1.165, 1.54) is 18.6 Å². The Morgan fingerprint density at radius 1 is 0.968 bits per heavy atom. The van der Waals surface area contributed by atoms with E-state index >= 15 is 0 Å². The molecule has 1 fully saturated rings. The van der Waals surface area contributed by atoms with E-state index in [0.717, 1.165) is 25.7 Å². The number of carboxylic acid groups (broad SMARTS) is 1. The van der Waals surface area contributed by atoms with E-state index in [-0.39, 0.29) is 23.2 Å². The first-order valence-corrected chi connectivity index (χ1v) is 10.7. The average Bonchev–Trinajstić information content (AvgIpc) is 2.77. The number of carbonyl (C=O) groups is 1. The summed E-state index contributed by atoms with van der Waals surface area (Å²) < 4.78 is 5.86. The van der Waals surface area contributed by atoms with Crippen LogP contribution in [0.25, 0.3) is 0 Å². The second-order valence-electron chi connectivity index (χ2n) is 7.30. The number of ether oxygens (including phenoxy) is 1. The molecule has 0 amide bonds. The summed E-state index contributed by atoms with van der Waals surface area (Å²) >= 11 is 12.5. The van der Waals surface area contributed by atoms with Crippen LogP contribution in [0.15, 0.2) is 42.5 Å². The van der Waals surface area contributed by atoms with E-state index in [9.17, 15) is 4.79 Å². The van der Waals surface area contributed by atoms with Gasteiger partial charge in [0.1, 0.15) is 5.82 Å². The second-order valence-corrected chi connectivity index (χ2v) is 8.11. The van der Waals surface area contributed by atoms with Crippen molar-refractivity contribution in [2.75, 3.05) is 5.32 Å². The van der Waals surface area contributed by atoms with Crippen LogP contribution in [0, 0.1) is 0 Å². The maximum atomic E-state index is 11.1. The molecule has 0 unspecified atom stereocenters. The van der Waals surface area contributed by atoms with Gasteiger partial charge in [-0.1, -0.05) is 48.5 Å². The molecule has 2 N–H and O–H groups in total. The minimum Gasteiger partial charge on any atom is -0.478 e. The number of benzene rings is 2. The topological polar surface area (TPSA) is 97.2 Å². The Balaban J connectivity index is 1.66. The molecule has 3 aromatic rings. The number of para-hydroxylation sites is 1. The largest absolute Gasteiger partial charge is 0.478 e. The van der Waals surface area contributed by atoms with Gasteiger partial charge in [-0.2, -0.15) is 15.0 Å². The van der Waals surface area contributed by atoms with Crippen molar-refractivity contribution in [2.45, 2.75) is 38.0 Å². The van der Waals surface area contributed by atoms with Crippen LogP contribution in [0.2, 0.25) is 10.0 Å². The molecule has 1 aliphatic carbocycles. The highest BCUT2D eigenvalue weighted by Gasteiger charge is 2.21. The first-order chi connectivity index (χ1) is 15.0. The van der Waals surface area contributed by atoms with Crippen LogP contribution < -0.4 is 10.1 Å². The van der Waals surface area contributed by atoms with Gasteiger partial charge < -0.3 is 15.2 Å². The van der Waals surface area contributed by atoms with Gasteiger partial charge in [0.2, 0.25) is 5.95 Å². The summed E-state index contributed by atoms with van der Waals surface area (Å²) in [4.78, 5) is 24.6. The van der Waals surface area contributed by atoms with E-state index in [2.05, 4.69) is 20.3 Å². The van der Waals surface area contributed by atoms with Gasteiger partial charge >= 0.3 is 12.0 Å². The molecular formula is C22H20Cl2N4O3. The number of rotatable bonds is 6. The quantitative estimate of drug-likeness (QED) is 0.437. The van der Waals surface area contributed by atoms with Crippen molar-refractivity contribution < 1.29 is 14.6 Å². The Kier molecular flexibility index (Phi) is 6.53. The standard InChI is InChI=1S/C22H20Cl2N4O3/c23-16-7-4-8-17(24)18(16)31-22-27-19(13-5-2-1-3-6-13)26-21(28-22)25-15-11-9-14(10-12-15)20(29)30/h4,7-13H,1-3,5-6H2,(H,29,30)(H,25,26,27,28). The highest BCUT2D eigenvalue weighted by molar-refractivity contribution is 6.37. The van der Waals surface area contributed by atoms with Gasteiger partial charge in [-0.3, -0.25) is 0 Å². The molecule has 9 heteroatoms. The molecular weight excluding hydrogens is 439 g/mol. The van der Waals surface area contributed by atoms with Crippen LogP contribution in [0.3, 0.4) is 0 Å². The molecule has 4 rings (SSSR count). The lowest BCUT2D eigenvalue weighted by Crippen LogP contribution is -2.12. The summed E-state index contributed by atoms with van der Waals surface area (Å²) in [5.41, 5.74) is 0.842. The molecule has 0 spiro atoms. The molecule has 0 bridgehead atoms. The normalized spacial score (nSPS) is 14.3. The predicted molar refractivity (Wildman–Crippen MR) is 119 cm³/mol. The van der Waals surface area contributed by atoms with Crippen LogP contribution in [-0.2, 0) is 0 Å². The molecule has 0 atom stereocenters. The Morgan fingerprint density at radius 3 is 2.29 bits per heavy atom. The van der Waals surface area contributed by atoms with Gasteiger partial charge in [0.25, 0.3) is 0 Å². The fourth-order valence-corrected chi connectivity index (χ4v) is 3.99. The minimum atomic E-state index is -0.987. The third kappa shape index (κ3) is 5.24. The molecule has 1 aliphatic rings. The molecule has 160 valence electrons. The number of carboxylic acids is 1. The van der Waals surface area contributed by atoms with Gasteiger partial charge in [-0.05, 0) is 49.2 Å². The van der Waals surface area contributed by atoms with Crippen LogP contribution >= 0.6 is 23.2 Å². The average molecular weight is 459 g/mol. The van der Waals surface area contributed by atoms with Crippen molar-refractivity contribution in [1.29, 1.82) is 0 Å². The highest BCUT2D eigenvalue weighted by atomic mass is 35.5.